The summed E-state index contributed by atoms with van der Waals surface area (Å²) in [5.74, 6) is 1.52. The topological polar surface area (TPSA) is 43.4 Å². The summed E-state index contributed by atoms with van der Waals surface area (Å²) in [6.07, 6.45) is 2.91. The fourth-order valence-corrected chi connectivity index (χ4v) is 2.67. The first kappa shape index (κ1) is 14.8. The van der Waals surface area contributed by atoms with E-state index in [1.54, 1.807) is 25.6 Å². The van der Waals surface area contributed by atoms with Crippen LogP contribution in [-0.2, 0) is 6.54 Å². The molecule has 1 aromatic heterocycles. The van der Waals surface area contributed by atoms with Gasteiger partial charge in [-0.05, 0) is 24.1 Å². The molecule has 1 heterocycles. The molecule has 0 bridgehead atoms. The van der Waals surface area contributed by atoms with Gasteiger partial charge in [-0.2, -0.15) is 0 Å². The molecule has 0 saturated heterocycles. The number of nitrogens with zero attached hydrogens (tertiary/aromatic N) is 1. The molecule has 0 fully saturated rings. The summed E-state index contributed by atoms with van der Waals surface area (Å²) in [6.45, 7) is 3.00. The highest BCUT2D eigenvalue weighted by atomic mass is 32.1. The lowest BCUT2D eigenvalue weighted by molar-refractivity contribution is 0.353. The van der Waals surface area contributed by atoms with Crippen molar-refractivity contribution in [3.05, 3.63) is 40.3 Å². The number of hydrogen-bond donors (Lipinski definition) is 1. The van der Waals surface area contributed by atoms with E-state index in [1.807, 2.05) is 23.8 Å². The van der Waals surface area contributed by atoms with Crippen molar-refractivity contribution in [2.75, 3.05) is 14.2 Å². The number of thiazole rings is 1. The number of benzene rings is 1. The third-order valence-corrected chi connectivity index (χ3v) is 4.00. The zero-order valence-corrected chi connectivity index (χ0v) is 12.9. The van der Waals surface area contributed by atoms with Crippen molar-refractivity contribution in [2.24, 2.45) is 0 Å². The molecular weight excluding hydrogens is 272 g/mol. The van der Waals surface area contributed by atoms with Crippen molar-refractivity contribution in [1.29, 1.82) is 0 Å². The van der Waals surface area contributed by atoms with Gasteiger partial charge in [-0.1, -0.05) is 13.0 Å². The fraction of sp³-hybridized carbons (Fsp3) is 0.400. The predicted octanol–water partition coefficient (Wildman–Crippen LogP) is 3.40. The minimum absolute atomic E-state index is 0.289. The van der Waals surface area contributed by atoms with Crippen LogP contribution in [0.4, 0.5) is 0 Å². The first-order chi connectivity index (χ1) is 9.78. The monoisotopic (exact) mass is 292 g/mol. The molecule has 0 aliphatic carbocycles. The van der Waals surface area contributed by atoms with Crippen molar-refractivity contribution in [1.82, 2.24) is 10.3 Å². The highest BCUT2D eigenvalue weighted by Crippen LogP contribution is 2.31. The van der Waals surface area contributed by atoms with Crippen LogP contribution in [0, 0.1) is 0 Å². The summed E-state index contributed by atoms with van der Waals surface area (Å²) < 4.78 is 10.6. The minimum atomic E-state index is 0.289. The van der Waals surface area contributed by atoms with Gasteiger partial charge in [-0.3, -0.25) is 4.98 Å². The van der Waals surface area contributed by atoms with E-state index >= 15 is 0 Å². The van der Waals surface area contributed by atoms with Gasteiger partial charge < -0.3 is 14.8 Å². The van der Waals surface area contributed by atoms with Crippen LogP contribution in [0.1, 0.15) is 29.8 Å². The third-order valence-electron chi connectivity index (χ3n) is 3.22. The van der Waals surface area contributed by atoms with Crippen LogP contribution in [0.2, 0.25) is 0 Å². The Morgan fingerprint density at radius 1 is 1.25 bits per heavy atom. The molecule has 2 rings (SSSR count). The van der Waals surface area contributed by atoms with Gasteiger partial charge >= 0.3 is 0 Å². The molecule has 0 amide bonds. The van der Waals surface area contributed by atoms with E-state index in [4.69, 9.17) is 9.47 Å². The molecule has 5 heteroatoms. The highest BCUT2D eigenvalue weighted by molar-refractivity contribution is 7.09. The second-order valence-electron chi connectivity index (χ2n) is 4.42. The summed E-state index contributed by atoms with van der Waals surface area (Å²) in [7, 11) is 3.31. The Morgan fingerprint density at radius 3 is 2.65 bits per heavy atom. The molecule has 1 unspecified atom stereocenters. The Morgan fingerprint density at radius 2 is 2.05 bits per heavy atom. The maximum atomic E-state index is 5.36. The average Bonchev–Trinajstić information content (AvgIpc) is 3.01. The molecule has 0 saturated carbocycles. The third kappa shape index (κ3) is 3.49. The maximum absolute atomic E-state index is 5.36. The lowest BCUT2D eigenvalue weighted by Gasteiger charge is -2.18. The predicted molar refractivity (Wildman–Crippen MR) is 81.5 cm³/mol. The number of aromatic nitrogens is 1. The second-order valence-corrected chi connectivity index (χ2v) is 5.39. The van der Waals surface area contributed by atoms with Crippen molar-refractivity contribution in [3.63, 3.8) is 0 Å². The number of rotatable bonds is 7. The molecule has 1 atom stereocenters. The summed E-state index contributed by atoms with van der Waals surface area (Å²) in [5, 5.41) is 3.55. The molecule has 1 aromatic carbocycles. The van der Waals surface area contributed by atoms with Gasteiger partial charge in [0.2, 0.25) is 0 Å². The van der Waals surface area contributed by atoms with Crippen LogP contribution in [0.15, 0.2) is 29.9 Å². The summed E-state index contributed by atoms with van der Waals surface area (Å²) in [4.78, 5) is 5.33. The van der Waals surface area contributed by atoms with Crippen LogP contribution in [0.5, 0.6) is 11.5 Å². The van der Waals surface area contributed by atoms with Crippen LogP contribution in [0.3, 0.4) is 0 Å². The standard InChI is InChI=1S/C15H20N2O2S/c1-4-13(17-9-12-8-16-10-20-12)11-5-6-14(18-2)15(7-11)19-3/h5-8,10,13,17H,4,9H2,1-3H3. The Bertz CT molecular complexity index is 529. The van der Waals surface area contributed by atoms with E-state index in [-0.39, 0.29) is 6.04 Å². The SMILES string of the molecule is CCC(NCc1cncs1)c1ccc(OC)c(OC)c1. The van der Waals surface area contributed by atoms with Gasteiger partial charge in [0.25, 0.3) is 0 Å². The Balaban J connectivity index is 2.10. The van der Waals surface area contributed by atoms with E-state index in [1.165, 1.54) is 10.4 Å². The zero-order chi connectivity index (χ0) is 14.4. The average molecular weight is 292 g/mol. The van der Waals surface area contributed by atoms with Gasteiger partial charge in [0, 0.05) is 23.7 Å². The Hall–Kier alpha value is -1.59. The largest absolute Gasteiger partial charge is 0.493 e. The molecule has 0 aliphatic rings. The smallest absolute Gasteiger partial charge is 0.161 e. The first-order valence-electron chi connectivity index (χ1n) is 6.61. The van der Waals surface area contributed by atoms with E-state index < -0.39 is 0 Å². The number of ether oxygens (including phenoxy) is 2. The molecular formula is C15H20N2O2S. The molecule has 108 valence electrons. The van der Waals surface area contributed by atoms with Crippen molar-refractivity contribution in [3.8, 4) is 11.5 Å². The quantitative estimate of drug-likeness (QED) is 0.849. The molecule has 20 heavy (non-hydrogen) atoms. The molecule has 2 aromatic rings. The van der Waals surface area contributed by atoms with Gasteiger partial charge in [0.15, 0.2) is 11.5 Å². The van der Waals surface area contributed by atoms with Gasteiger partial charge in [0.1, 0.15) is 0 Å². The van der Waals surface area contributed by atoms with Crippen LogP contribution < -0.4 is 14.8 Å². The van der Waals surface area contributed by atoms with Crippen LogP contribution in [0.25, 0.3) is 0 Å². The van der Waals surface area contributed by atoms with E-state index in [0.29, 0.717) is 0 Å². The second kappa shape index (κ2) is 7.26. The molecule has 0 aliphatic heterocycles. The summed E-state index contributed by atoms with van der Waals surface area (Å²) >= 11 is 1.67. The fourth-order valence-electron chi connectivity index (χ4n) is 2.12. The molecule has 4 nitrogen and oxygen atoms in total. The summed E-state index contributed by atoms with van der Waals surface area (Å²) in [5.41, 5.74) is 3.06. The maximum Gasteiger partial charge on any atom is 0.161 e. The number of nitrogens with one attached hydrogen (secondary N) is 1. The van der Waals surface area contributed by atoms with Crippen LogP contribution in [-0.4, -0.2) is 19.2 Å². The van der Waals surface area contributed by atoms with Gasteiger partial charge in [-0.15, -0.1) is 11.3 Å². The van der Waals surface area contributed by atoms with Crippen molar-refractivity contribution in [2.45, 2.75) is 25.9 Å². The Labute approximate surface area is 123 Å². The molecule has 1 N–H and O–H groups in total. The van der Waals surface area contributed by atoms with Gasteiger partial charge in [-0.25, -0.2) is 0 Å². The van der Waals surface area contributed by atoms with Crippen molar-refractivity contribution >= 4 is 11.3 Å². The van der Waals surface area contributed by atoms with Crippen molar-refractivity contribution < 1.29 is 9.47 Å². The Kier molecular flexibility index (Phi) is 5.38. The van der Waals surface area contributed by atoms with E-state index in [2.05, 4.69) is 23.3 Å². The number of hydrogen-bond acceptors (Lipinski definition) is 5. The van der Waals surface area contributed by atoms with Crippen LogP contribution >= 0.6 is 11.3 Å². The lowest BCUT2D eigenvalue weighted by atomic mass is 10.0. The van der Waals surface area contributed by atoms with Gasteiger partial charge in [0.05, 0.1) is 19.7 Å². The lowest BCUT2D eigenvalue weighted by Crippen LogP contribution is -2.19. The first-order valence-corrected chi connectivity index (χ1v) is 7.49. The number of methoxy groups -OCH3 is 2. The highest BCUT2D eigenvalue weighted by Gasteiger charge is 2.12. The molecule has 0 spiro atoms. The normalized spacial score (nSPS) is 12.2. The molecule has 0 radical (unpaired) electrons. The van der Waals surface area contributed by atoms with E-state index in [9.17, 15) is 0 Å². The summed E-state index contributed by atoms with van der Waals surface area (Å²) in [6, 6.07) is 6.35. The minimum Gasteiger partial charge on any atom is -0.493 e. The zero-order valence-electron chi connectivity index (χ0n) is 12.1. The van der Waals surface area contributed by atoms with E-state index in [0.717, 1.165) is 24.5 Å².